The van der Waals surface area contributed by atoms with Crippen LogP contribution in [0, 0.1) is 0 Å². The highest BCUT2D eigenvalue weighted by Gasteiger charge is 2.12. The maximum Gasteiger partial charge on any atom is 0.231 e. The molecule has 0 fully saturated rings. The first-order valence-corrected chi connectivity index (χ1v) is 7.17. The monoisotopic (exact) mass is 320 g/mol. The molecule has 124 valence electrons. The largest absolute Gasteiger partial charge is 0.492 e. The van der Waals surface area contributed by atoms with Gasteiger partial charge in [-0.2, -0.15) is 0 Å². The van der Waals surface area contributed by atoms with E-state index in [1.807, 2.05) is 0 Å². The summed E-state index contributed by atoms with van der Waals surface area (Å²) in [5.74, 6) is -0.973. The maximum atomic E-state index is 11.7. The average Bonchev–Trinajstić information content (AvgIpc) is 2.40. The third-order valence-corrected chi connectivity index (χ3v) is 2.66. The fourth-order valence-electron chi connectivity index (χ4n) is 1.83. The normalized spacial score (nSPS) is 9.87. The van der Waals surface area contributed by atoms with Crippen LogP contribution in [-0.4, -0.2) is 30.0 Å². The number of ketones is 2. The molecule has 0 aliphatic rings. The number of carbonyl (C=O) groups is 4. The van der Waals surface area contributed by atoms with Crippen LogP contribution in [0.2, 0.25) is 0 Å². The molecular weight excluding hydrogens is 300 g/mol. The smallest absolute Gasteiger partial charge is 0.231 e. The Hall–Kier alpha value is -2.70. The Morgan fingerprint density at radius 3 is 2.04 bits per heavy atom. The van der Waals surface area contributed by atoms with Crippen molar-refractivity contribution in [3.8, 4) is 5.75 Å². The fraction of sp³-hybridized carbons (Fsp3) is 0.375. The van der Waals surface area contributed by atoms with E-state index >= 15 is 0 Å². The second-order valence-electron chi connectivity index (χ2n) is 5.00. The number of hydrogen-bond donors (Lipinski definition) is 2. The van der Waals surface area contributed by atoms with Crippen LogP contribution in [0.25, 0.3) is 0 Å². The number of anilines is 2. The summed E-state index contributed by atoms with van der Waals surface area (Å²) in [5, 5.41) is 5.17. The van der Waals surface area contributed by atoms with E-state index in [-0.39, 0.29) is 24.4 Å². The van der Waals surface area contributed by atoms with Gasteiger partial charge in [0.2, 0.25) is 11.8 Å². The standard InChI is InChI=1S/C16H20N2O5/c1-4-23-14-9-12(17-15(21)7-10(2)19)5-6-13(14)18-16(22)8-11(3)20/h5-6,9H,4,7-8H2,1-3H3,(H,17,21)(H,18,22). The Kier molecular flexibility index (Phi) is 6.92. The van der Waals surface area contributed by atoms with Crippen molar-refractivity contribution < 1.29 is 23.9 Å². The van der Waals surface area contributed by atoms with Gasteiger partial charge in [0, 0.05) is 11.8 Å². The van der Waals surface area contributed by atoms with Crippen LogP contribution in [0.3, 0.4) is 0 Å². The molecule has 0 heterocycles. The van der Waals surface area contributed by atoms with Crippen LogP contribution in [0.4, 0.5) is 11.4 Å². The van der Waals surface area contributed by atoms with Gasteiger partial charge in [-0.25, -0.2) is 0 Å². The van der Waals surface area contributed by atoms with Crippen molar-refractivity contribution >= 4 is 34.8 Å². The topological polar surface area (TPSA) is 102 Å². The summed E-state index contributed by atoms with van der Waals surface area (Å²) in [5.41, 5.74) is 0.854. The molecular formula is C16H20N2O5. The molecule has 0 aromatic heterocycles. The van der Waals surface area contributed by atoms with Gasteiger partial charge in [0.1, 0.15) is 17.3 Å². The van der Waals surface area contributed by atoms with Gasteiger partial charge in [0.05, 0.1) is 25.1 Å². The van der Waals surface area contributed by atoms with E-state index in [0.29, 0.717) is 23.7 Å². The van der Waals surface area contributed by atoms with E-state index in [9.17, 15) is 19.2 Å². The Labute approximate surface area is 134 Å². The first-order chi connectivity index (χ1) is 10.8. The second kappa shape index (κ2) is 8.67. The molecule has 0 saturated carbocycles. The molecule has 0 bridgehead atoms. The van der Waals surface area contributed by atoms with Crippen molar-refractivity contribution in [3.05, 3.63) is 18.2 Å². The third kappa shape index (κ3) is 6.73. The van der Waals surface area contributed by atoms with E-state index in [2.05, 4.69) is 10.6 Å². The molecule has 1 rings (SSSR count). The first kappa shape index (κ1) is 18.3. The van der Waals surface area contributed by atoms with Crippen molar-refractivity contribution in [1.29, 1.82) is 0 Å². The van der Waals surface area contributed by atoms with Crippen LogP contribution in [0.1, 0.15) is 33.6 Å². The number of hydrogen-bond acceptors (Lipinski definition) is 5. The molecule has 23 heavy (non-hydrogen) atoms. The molecule has 1 aromatic carbocycles. The van der Waals surface area contributed by atoms with Gasteiger partial charge < -0.3 is 15.4 Å². The molecule has 0 unspecified atom stereocenters. The third-order valence-electron chi connectivity index (χ3n) is 2.66. The van der Waals surface area contributed by atoms with Gasteiger partial charge in [0.25, 0.3) is 0 Å². The van der Waals surface area contributed by atoms with Crippen LogP contribution in [0.5, 0.6) is 5.75 Å². The number of Topliss-reactive ketones (excluding diaryl/α,β-unsaturated/α-hetero) is 2. The lowest BCUT2D eigenvalue weighted by Gasteiger charge is -2.13. The molecule has 0 atom stereocenters. The van der Waals surface area contributed by atoms with Gasteiger partial charge in [0.15, 0.2) is 0 Å². The van der Waals surface area contributed by atoms with Gasteiger partial charge in [-0.15, -0.1) is 0 Å². The lowest BCUT2D eigenvalue weighted by atomic mass is 10.2. The second-order valence-corrected chi connectivity index (χ2v) is 5.00. The summed E-state index contributed by atoms with van der Waals surface area (Å²) in [6.45, 7) is 4.80. The first-order valence-electron chi connectivity index (χ1n) is 7.17. The summed E-state index contributed by atoms with van der Waals surface area (Å²) >= 11 is 0. The molecule has 7 nitrogen and oxygen atoms in total. The summed E-state index contributed by atoms with van der Waals surface area (Å²) in [6.07, 6.45) is -0.427. The molecule has 1 aromatic rings. The number of rotatable bonds is 8. The quantitative estimate of drug-likeness (QED) is 0.713. The molecule has 2 amide bonds. The highest BCUT2D eigenvalue weighted by atomic mass is 16.5. The molecule has 0 radical (unpaired) electrons. The predicted octanol–water partition coefficient (Wildman–Crippen LogP) is 1.92. The Morgan fingerprint density at radius 1 is 0.957 bits per heavy atom. The molecule has 0 aliphatic heterocycles. The van der Waals surface area contributed by atoms with Crippen LogP contribution in [-0.2, 0) is 19.2 Å². The highest BCUT2D eigenvalue weighted by Crippen LogP contribution is 2.28. The number of amides is 2. The highest BCUT2D eigenvalue weighted by molar-refractivity contribution is 6.05. The van der Waals surface area contributed by atoms with Gasteiger partial charge in [-0.1, -0.05) is 0 Å². The van der Waals surface area contributed by atoms with Crippen LogP contribution in [0.15, 0.2) is 18.2 Å². The van der Waals surface area contributed by atoms with Gasteiger partial charge >= 0.3 is 0 Å². The van der Waals surface area contributed by atoms with Crippen LogP contribution < -0.4 is 15.4 Å². The van der Waals surface area contributed by atoms with Crippen molar-refractivity contribution in [3.63, 3.8) is 0 Å². The van der Waals surface area contributed by atoms with E-state index < -0.39 is 11.8 Å². The number of nitrogens with one attached hydrogen (secondary N) is 2. The predicted molar refractivity (Wildman–Crippen MR) is 85.5 cm³/mol. The van der Waals surface area contributed by atoms with Crippen molar-refractivity contribution in [2.24, 2.45) is 0 Å². The minimum absolute atomic E-state index is 0.207. The molecule has 0 saturated heterocycles. The van der Waals surface area contributed by atoms with Crippen molar-refractivity contribution in [2.45, 2.75) is 33.6 Å². The summed E-state index contributed by atoms with van der Waals surface area (Å²) < 4.78 is 5.43. The number of benzene rings is 1. The Bertz CT molecular complexity index is 625. The molecule has 0 aliphatic carbocycles. The molecule has 0 spiro atoms. The lowest BCUT2D eigenvalue weighted by molar-refractivity contribution is -0.125. The Balaban J connectivity index is 2.88. The number of ether oxygens (including phenoxy) is 1. The minimum atomic E-state index is -0.438. The SMILES string of the molecule is CCOc1cc(NC(=O)CC(C)=O)ccc1NC(=O)CC(C)=O. The summed E-state index contributed by atoms with van der Waals surface area (Å²) in [4.78, 5) is 45.1. The van der Waals surface area contributed by atoms with Gasteiger partial charge in [-0.3, -0.25) is 19.2 Å². The number of carbonyl (C=O) groups excluding carboxylic acids is 4. The zero-order valence-corrected chi connectivity index (χ0v) is 13.4. The minimum Gasteiger partial charge on any atom is -0.492 e. The van der Waals surface area contributed by atoms with E-state index in [4.69, 9.17) is 4.74 Å². The lowest BCUT2D eigenvalue weighted by Crippen LogP contribution is -2.17. The zero-order valence-electron chi connectivity index (χ0n) is 13.4. The summed E-state index contributed by atoms with van der Waals surface area (Å²) in [6, 6.07) is 4.68. The summed E-state index contributed by atoms with van der Waals surface area (Å²) in [7, 11) is 0. The van der Waals surface area contributed by atoms with Crippen LogP contribution >= 0.6 is 0 Å². The Morgan fingerprint density at radius 2 is 1.52 bits per heavy atom. The molecule has 2 N–H and O–H groups in total. The van der Waals surface area contributed by atoms with E-state index in [0.717, 1.165) is 0 Å². The average molecular weight is 320 g/mol. The van der Waals surface area contributed by atoms with E-state index in [1.54, 1.807) is 25.1 Å². The van der Waals surface area contributed by atoms with E-state index in [1.165, 1.54) is 13.8 Å². The van der Waals surface area contributed by atoms with Crippen molar-refractivity contribution in [2.75, 3.05) is 17.2 Å². The van der Waals surface area contributed by atoms with Gasteiger partial charge in [-0.05, 0) is 32.9 Å². The van der Waals surface area contributed by atoms with Crippen molar-refractivity contribution in [1.82, 2.24) is 0 Å². The maximum absolute atomic E-state index is 11.7. The molecule has 7 heteroatoms. The fourth-order valence-corrected chi connectivity index (χ4v) is 1.83. The zero-order chi connectivity index (χ0) is 17.4.